The van der Waals surface area contributed by atoms with Gasteiger partial charge >= 0.3 is 6.09 Å². The van der Waals surface area contributed by atoms with Crippen LogP contribution in [0.25, 0.3) is 5.69 Å². The first-order valence-electron chi connectivity index (χ1n) is 7.86. The van der Waals surface area contributed by atoms with Crippen LogP contribution in [-0.4, -0.2) is 33.2 Å². The molecule has 7 nitrogen and oxygen atoms in total. The summed E-state index contributed by atoms with van der Waals surface area (Å²) in [7, 11) is 0. The van der Waals surface area contributed by atoms with Crippen molar-refractivity contribution >= 4 is 17.7 Å². The molecule has 25 heavy (non-hydrogen) atoms. The standard InChI is InChI=1S/C18H18N4O3/c1-3-25-18(24)20-11-12-21(16(13-20)14(2)23)17-9-10-19-22(17)15-7-5-4-6-8-15/h4-13H,3H2,1-2H3. The lowest BCUT2D eigenvalue weighted by Crippen LogP contribution is -2.32. The maximum Gasteiger partial charge on any atom is 0.418 e. The summed E-state index contributed by atoms with van der Waals surface area (Å²) in [4.78, 5) is 27.0. The van der Waals surface area contributed by atoms with Crippen LogP contribution < -0.4 is 4.90 Å². The predicted molar refractivity (Wildman–Crippen MR) is 92.8 cm³/mol. The summed E-state index contributed by atoms with van der Waals surface area (Å²) in [6.07, 6.45) is 5.78. The van der Waals surface area contributed by atoms with E-state index in [1.165, 1.54) is 18.0 Å². The van der Waals surface area contributed by atoms with Gasteiger partial charge in [-0.1, -0.05) is 18.2 Å². The van der Waals surface area contributed by atoms with E-state index in [0.717, 1.165) is 5.69 Å². The van der Waals surface area contributed by atoms with Crippen molar-refractivity contribution in [1.82, 2.24) is 14.7 Å². The van der Waals surface area contributed by atoms with Gasteiger partial charge in [-0.2, -0.15) is 5.10 Å². The molecule has 2 heterocycles. The van der Waals surface area contributed by atoms with E-state index in [4.69, 9.17) is 4.74 Å². The molecule has 0 aliphatic carbocycles. The maximum atomic E-state index is 12.1. The molecule has 0 saturated carbocycles. The number of para-hydroxylation sites is 1. The lowest BCUT2D eigenvalue weighted by atomic mass is 10.2. The third-order valence-corrected chi connectivity index (χ3v) is 3.61. The van der Waals surface area contributed by atoms with E-state index in [-0.39, 0.29) is 12.4 Å². The number of allylic oxidation sites excluding steroid dienone is 1. The molecule has 7 heteroatoms. The molecule has 0 saturated heterocycles. The van der Waals surface area contributed by atoms with Crippen LogP contribution in [0.3, 0.4) is 0 Å². The molecule has 1 aromatic heterocycles. The molecular formula is C18H18N4O3. The number of rotatable bonds is 4. The average Bonchev–Trinajstić information content (AvgIpc) is 3.11. The Morgan fingerprint density at radius 3 is 2.56 bits per heavy atom. The van der Waals surface area contributed by atoms with Crippen molar-refractivity contribution in [2.45, 2.75) is 13.8 Å². The fourth-order valence-corrected chi connectivity index (χ4v) is 2.47. The quantitative estimate of drug-likeness (QED) is 0.857. The largest absolute Gasteiger partial charge is 0.449 e. The van der Waals surface area contributed by atoms with Gasteiger partial charge in [-0.15, -0.1) is 0 Å². The predicted octanol–water partition coefficient (Wildman–Crippen LogP) is 3.05. The number of hydrogen-bond donors (Lipinski definition) is 0. The summed E-state index contributed by atoms with van der Waals surface area (Å²) >= 11 is 0. The van der Waals surface area contributed by atoms with Crippen LogP contribution in [0.15, 0.2) is 66.9 Å². The Hall–Kier alpha value is -3.35. The lowest BCUT2D eigenvalue weighted by Gasteiger charge is -2.28. The van der Waals surface area contributed by atoms with Crippen molar-refractivity contribution in [3.63, 3.8) is 0 Å². The highest BCUT2D eigenvalue weighted by Crippen LogP contribution is 2.26. The highest BCUT2D eigenvalue weighted by Gasteiger charge is 2.24. The van der Waals surface area contributed by atoms with E-state index in [9.17, 15) is 9.59 Å². The molecule has 0 fully saturated rings. The molecule has 0 unspecified atom stereocenters. The van der Waals surface area contributed by atoms with Gasteiger partial charge in [0.2, 0.25) is 0 Å². The molecule has 0 atom stereocenters. The zero-order valence-electron chi connectivity index (χ0n) is 14.0. The van der Waals surface area contributed by atoms with Gasteiger partial charge in [0.1, 0.15) is 11.5 Å². The van der Waals surface area contributed by atoms with Gasteiger partial charge in [0.05, 0.1) is 18.5 Å². The van der Waals surface area contributed by atoms with E-state index < -0.39 is 6.09 Å². The Morgan fingerprint density at radius 1 is 1.12 bits per heavy atom. The second-order valence-electron chi connectivity index (χ2n) is 5.28. The zero-order chi connectivity index (χ0) is 17.8. The van der Waals surface area contributed by atoms with Gasteiger partial charge in [-0.05, 0) is 19.1 Å². The van der Waals surface area contributed by atoms with Crippen LogP contribution in [0.4, 0.5) is 10.6 Å². The number of aromatic nitrogens is 2. The number of ether oxygens (including phenoxy) is 1. The van der Waals surface area contributed by atoms with Crippen LogP contribution >= 0.6 is 0 Å². The number of carbonyl (C=O) groups is 2. The fourth-order valence-electron chi connectivity index (χ4n) is 2.47. The van der Waals surface area contributed by atoms with Gasteiger partial charge in [0.25, 0.3) is 0 Å². The van der Waals surface area contributed by atoms with Crippen molar-refractivity contribution in [1.29, 1.82) is 0 Å². The minimum atomic E-state index is -0.534. The molecule has 2 aromatic rings. The summed E-state index contributed by atoms with van der Waals surface area (Å²) in [5.41, 5.74) is 1.21. The van der Waals surface area contributed by atoms with Crippen molar-refractivity contribution in [3.8, 4) is 5.69 Å². The highest BCUT2D eigenvalue weighted by atomic mass is 16.6. The third-order valence-electron chi connectivity index (χ3n) is 3.61. The van der Waals surface area contributed by atoms with Crippen molar-refractivity contribution in [3.05, 3.63) is 66.9 Å². The zero-order valence-corrected chi connectivity index (χ0v) is 14.0. The molecule has 1 amide bonds. The Labute approximate surface area is 145 Å². The monoisotopic (exact) mass is 338 g/mol. The van der Waals surface area contributed by atoms with Crippen LogP contribution in [0.1, 0.15) is 13.8 Å². The summed E-state index contributed by atoms with van der Waals surface area (Å²) in [6.45, 7) is 3.44. The van der Waals surface area contributed by atoms with Crippen molar-refractivity contribution in [2.75, 3.05) is 11.5 Å². The van der Waals surface area contributed by atoms with Gasteiger partial charge < -0.3 is 4.74 Å². The second-order valence-corrected chi connectivity index (χ2v) is 5.28. The second kappa shape index (κ2) is 7.04. The Kier molecular flexibility index (Phi) is 4.65. The van der Waals surface area contributed by atoms with Crippen molar-refractivity contribution in [2.24, 2.45) is 0 Å². The lowest BCUT2D eigenvalue weighted by molar-refractivity contribution is -0.113. The first-order valence-corrected chi connectivity index (χ1v) is 7.86. The van der Waals surface area contributed by atoms with Gasteiger partial charge in [-0.25, -0.2) is 9.48 Å². The normalized spacial score (nSPS) is 13.6. The molecule has 0 bridgehead atoms. The summed E-state index contributed by atoms with van der Waals surface area (Å²) in [5.74, 6) is 0.506. The van der Waals surface area contributed by atoms with Gasteiger partial charge in [0.15, 0.2) is 5.78 Å². The molecule has 1 aliphatic rings. The summed E-state index contributed by atoms with van der Waals surface area (Å²) in [5, 5.41) is 4.34. The Balaban J connectivity index is 1.97. The average molecular weight is 338 g/mol. The number of amides is 1. The minimum absolute atomic E-state index is 0.181. The van der Waals surface area contributed by atoms with Crippen LogP contribution in [0.5, 0.6) is 0 Å². The first kappa shape index (κ1) is 16.5. The Morgan fingerprint density at radius 2 is 1.88 bits per heavy atom. The molecule has 1 aliphatic heterocycles. The third kappa shape index (κ3) is 3.30. The van der Waals surface area contributed by atoms with E-state index in [2.05, 4.69) is 5.10 Å². The fraction of sp³-hybridized carbons (Fsp3) is 0.167. The topological polar surface area (TPSA) is 67.7 Å². The molecule has 0 spiro atoms. The number of Topliss-reactive ketones (excluding diaryl/α,β-unsaturated/α-hetero) is 1. The smallest absolute Gasteiger partial charge is 0.418 e. The minimum Gasteiger partial charge on any atom is -0.449 e. The Bertz CT molecular complexity index is 839. The summed E-state index contributed by atoms with van der Waals surface area (Å²) in [6, 6.07) is 11.4. The van der Waals surface area contributed by atoms with E-state index in [0.29, 0.717) is 11.5 Å². The number of anilines is 1. The van der Waals surface area contributed by atoms with Crippen LogP contribution in [-0.2, 0) is 9.53 Å². The van der Waals surface area contributed by atoms with Crippen LogP contribution in [0, 0.1) is 0 Å². The molecule has 128 valence electrons. The van der Waals surface area contributed by atoms with Gasteiger partial charge in [0, 0.05) is 31.6 Å². The number of hydrogen-bond acceptors (Lipinski definition) is 5. The molecule has 1 aromatic carbocycles. The highest BCUT2D eigenvalue weighted by molar-refractivity contribution is 5.98. The molecule has 0 N–H and O–H groups in total. The van der Waals surface area contributed by atoms with E-state index >= 15 is 0 Å². The molecule has 3 rings (SSSR count). The number of carbonyl (C=O) groups excluding carboxylic acids is 2. The SMILES string of the molecule is CCOC(=O)N1C=CN(c2ccnn2-c2ccccc2)C(C(C)=O)=C1. The van der Waals surface area contributed by atoms with E-state index in [1.54, 1.807) is 41.2 Å². The van der Waals surface area contributed by atoms with Crippen LogP contribution in [0.2, 0.25) is 0 Å². The molecule has 0 radical (unpaired) electrons. The van der Waals surface area contributed by atoms with Crippen molar-refractivity contribution < 1.29 is 14.3 Å². The molecular weight excluding hydrogens is 320 g/mol. The number of benzene rings is 1. The van der Waals surface area contributed by atoms with E-state index in [1.807, 2.05) is 30.3 Å². The summed E-state index contributed by atoms with van der Waals surface area (Å²) < 4.78 is 6.70. The number of nitrogens with zero attached hydrogens (tertiary/aromatic N) is 4. The number of ketones is 1. The van der Waals surface area contributed by atoms with Gasteiger partial charge in [-0.3, -0.25) is 14.6 Å². The first-order chi connectivity index (χ1) is 12.1. The maximum absolute atomic E-state index is 12.1.